The van der Waals surface area contributed by atoms with E-state index in [0.29, 0.717) is 23.7 Å². The Hall–Kier alpha value is -11.5. The predicted molar refractivity (Wildman–Crippen MR) is 462 cm³/mol. The van der Waals surface area contributed by atoms with Gasteiger partial charge in [0.25, 0.3) is 0 Å². The van der Waals surface area contributed by atoms with Gasteiger partial charge in [0.1, 0.15) is 34.4 Å². The molecule has 0 saturated heterocycles. The molecule has 0 saturated carbocycles. The van der Waals surface area contributed by atoms with E-state index < -0.39 is 0 Å². The van der Waals surface area contributed by atoms with E-state index in [4.69, 9.17) is 24.7 Å². The Bertz CT molecular complexity index is 6530. The van der Waals surface area contributed by atoms with Gasteiger partial charge < -0.3 is 9.72 Å². The Labute approximate surface area is 646 Å². The zero-order chi connectivity index (χ0) is 74.5. The quantitative estimate of drug-likeness (QED) is 0.135. The Morgan fingerprint density at radius 1 is 0.385 bits per heavy atom. The van der Waals surface area contributed by atoms with E-state index in [1.807, 2.05) is 61.4 Å². The van der Waals surface area contributed by atoms with Crippen molar-refractivity contribution in [1.29, 1.82) is 0 Å². The standard InChI is InChI=1S/C47H43N5O.C26H25N3O.C21H19BrN2.2CH4/c1-28(2)33-13-10-14-34(29(3)4)44(33)42-27-50-46-38-25-31(18-20-37(38)45-40(52(42)46)16-11-22-49-45)53-32-17-19-36-35-12-8-9-15-39(35)51(41(36)26-32)43-24-30(21-23-48-43)47(5,6)7;1-15(2)18-7-5-8-19(16(3)4)24(18)23-14-28-26-21-13-17(30)10-11-20(21)25-22(29(23)26)9-6-12-27-25;1-21(2,3)14-10-11-23-20(12-14)24-18-7-5-4-6-16(18)17-9-8-15(22)13-19(17)24;;/h8-29H,1-7H3;5-16,27H,1-4H3;4-13H,1-3H3;2*1H4. The number of H-pyrrole nitrogens is 1. The van der Waals surface area contributed by atoms with Crippen LogP contribution < -0.4 is 10.2 Å². The van der Waals surface area contributed by atoms with Crippen molar-refractivity contribution in [3.05, 3.63) is 292 Å². The maximum atomic E-state index is 12.2. The van der Waals surface area contributed by atoms with Crippen molar-refractivity contribution in [3.63, 3.8) is 0 Å². The van der Waals surface area contributed by atoms with Crippen molar-refractivity contribution in [2.75, 3.05) is 0 Å². The summed E-state index contributed by atoms with van der Waals surface area (Å²) in [6.07, 6.45) is 11.6. The molecule has 0 atom stereocenters. The van der Waals surface area contributed by atoms with Gasteiger partial charge in [-0.25, -0.2) is 19.9 Å². The van der Waals surface area contributed by atoms with Gasteiger partial charge in [0.15, 0.2) is 5.43 Å². The van der Waals surface area contributed by atoms with Gasteiger partial charge in [-0.15, -0.1) is 0 Å². The molecule has 12 nitrogen and oxygen atoms in total. The highest BCUT2D eigenvalue weighted by Crippen LogP contribution is 2.44. The zero-order valence-corrected chi connectivity index (χ0v) is 64.7. The van der Waals surface area contributed by atoms with Crippen LogP contribution in [0, 0.1) is 0 Å². The molecule has 8 aromatic carbocycles. The number of hydrogen-bond acceptors (Lipinski definition) is 7. The summed E-state index contributed by atoms with van der Waals surface area (Å²) in [6, 6.07) is 71.5. The number of pyridine rings is 6. The van der Waals surface area contributed by atoms with E-state index in [9.17, 15) is 4.79 Å². The fraction of sp³-hybridized carbons (Fsp3) is 0.229. The Balaban J connectivity index is 0.000000149. The van der Waals surface area contributed by atoms with Gasteiger partial charge in [-0.2, -0.15) is 0 Å². The van der Waals surface area contributed by atoms with Crippen LogP contribution in [-0.2, 0) is 10.8 Å². The van der Waals surface area contributed by atoms with E-state index in [2.05, 4.69) is 311 Å². The maximum Gasteiger partial charge on any atom is 0.179 e. The minimum Gasteiger partial charge on any atom is -0.457 e. The third-order valence-corrected chi connectivity index (χ3v) is 21.6. The number of hydrogen-bond donors (Lipinski definition) is 1. The van der Waals surface area contributed by atoms with Crippen LogP contribution in [-0.4, -0.2) is 47.8 Å². The van der Waals surface area contributed by atoms with Crippen molar-refractivity contribution in [2.24, 2.45) is 0 Å². The first kappa shape index (κ1) is 74.3. The first-order valence-corrected chi connectivity index (χ1v) is 38.0. The predicted octanol–water partition coefficient (Wildman–Crippen LogP) is 26.3. The summed E-state index contributed by atoms with van der Waals surface area (Å²) in [4.78, 5) is 40.0. The largest absolute Gasteiger partial charge is 0.457 e. The van der Waals surface area contributed by atoms with Gasteiger partial charge in [-0.3, -0.25) is 27.7 Å². The molecule has 0 aliphatic rings. The average Bonchev–Trinajstić information content (AvgIpc) is 1.68. The van der Waals surface area contributed by atoms with Crippen LogP contribution in [0.15, 0.2) is 253 Å². The van der Waals surface area contributed by atoms with Gasteiger partial charge in [0.2, 0.25) is 0 Å². The SMILES string of the molecule is C.C.CC(C)(C)c1ccnc(-n2c3ccccc3c3ccc(Br)cc32)c1.CC(C)c1cccc(C(C)C)c1-c1cnc2c3cc(=O)ccc3c3[nH]cccc3n12.CC(C)c1cccc(C(C)C)c1-c1cnc2c3cc(Oc4ccc5c6ccccc6n(-c6cc(C(C)(C)C)ccn6)c5c4)ccc3c3ncccc3n12. The normalized spacial score (nSPS) is 12.0. The molecular formula is C96H95BrN10O2. The smallest absolute Gasteiger partial charge is 0.179 e. The molecule has 10 aromatic heterocycles. The lowest BCUT2D eigenvalue weighted by Gasteiger charge is -2.20. The Morgan fingerprint density at radius 3 is 1.37 bits per heavy atom. The lowest BCUT2D eigenvalue weighted by Crippen LogP contribution is -2.12. The molecule has 0 aliphatic heterocycles. The molecule has 0 spiro atoms. The summed E-state index contributed by atoms with van der Waals surface area (Å²) >= 11 is 3.61. The molecule has 0 amide bonds. The molecule has 13 heteroatoms. The molecule has 18 rings (SSSR count). The molecule has 10 heterocycles. The van der Waals surface area contributed by atoms with Gasteiger partial charge in [0.05, 0.1) is 67.9 Å². The molecule has 0 fully saturated rings. The molecular weight excluding hydrogens is 1410 g/mol. The zero-order valence-electron chi connectivity index (χ0n) is 63.1. The molecule has 0 unspecified atom stereocenters. The molecule has 0 bridgehead atoms. The van der Waals surface area contributed by atoms with Gasteiger partial charge in [-0.05, 0) is 189 Å². The van der Waals surface area contributed by atoms with Gasteiger partial charge in [0, 0.05) is 89.5 Å². The summed E-state index contributed by atoms with van der Waals surface area (Å²) in [7, 11) is 0. The summed E-state index contributed by atoms with van der Waals surface area (Å²) in [5.41, 5.74) is 22.8. The number of halogens is 1. The fourth-order valence-electron chi connectivity index (χ4n) is 15.7. The Morgan fingerprint density at radius 2 is 0.835 bits per heavy atom. The highest BCUT2D eigenvalue weighted by molar-refractivity contribution is 9.10. The third-order valence-electron chi connectivity index (χ3n) is 21.1. The first-order valence-electron chi connectivity index (χ1n) is 37.2. The fourth-order valence-corrected chi connectivity index (χ4v) is 16.1. The molecule has 109 heavy (non-hydrogen) atoms. The van der Waals surface area contributed by atoms with Crippen LogP contribution in [0.5, 0.6) is 11.5 Å². The highest BCUT2D eigenvalue weighted by Gasteiger charge is 2.26. The van der Waals surface area contributed by atoms with Crippen molar-refractivity contribution >= 4 is 114 Å². The average molecular weight is 1500 g/mol. The third kappa shape index (κ3) is 13.3. The molecule has 1 N–H and O–H groups in total. The Kier molecular flexibility index (Phi) is 19.9. The van der Waals surface area contributed by atoms with E-state index >= 15 is 0 Å². The van der Waals surface area contributed by atoms with Crippen LogP contribution in [0.3, 0.4) is 0 Å². The van der Waals surface area contributed by atoms with Crippen LogP contribution in [0.4, 0.5) is 0 Å². The summed E-state index contributed by atoms with van der Waals surface area (Å²) in [5, 5.41) is 8.75. The van der Waals surface area contributed by atoms with Crippen molar-refractivity contribution in [3.8, 4) is 45.6 Å². The molecule has 548 valence electrons. The highest BCUT2D eigenvalue weighted by atomic mass is 79.9. The minimum atomic E-state index is -0.00492. The number of para-hydroxylation sites is 2. The minimum absolute atomic E-state index is 0. The van der Waals surface area contributed by atoms with Crippen LogP contribution in [0.1, 0.15) is 169 Å². The number of benzene rings is 8. The van der Waals surface area contributed by atoms with Crippen LogP contribution >= 0.6 is 15.9 Å². The topological polar surface area (TPSA) is 125 Å². The summed E-state index contributed by atoms with van der Waals surface area (Å²) in [5.74, 6) is 4.82. The second-order valence-corrected chi connectivity index (χ2v) is 32.4. The van der Waals surface area contributed by atoms with Crippen molar-refractivity contribution < 1.29 is 4.74 Å². The van der Waals surface area contributed by atoms with E-state index in [0.717, 1.165) is 110 Å². The van der Waals surface area contributed by atoms with E-state index in [-0.39, 0.29) is 31.1 Å². The van der Waals surface area contributed by atoms with Crippen LogP contribution in [0.25, 0.3) is 133 Å². The first-order chi connectivity index (χ1) is 51.5. The lowest BCUT2D eigenvalue weighted by molar-refractivity contribution is 0.484. The number of aromatic nitrogens is 10. The van der Waals surface area contributed by atoms with Gasteiger partial charge >= 0.3 is 0 Å². The summed E-state index contributed by atoms with van der Waals surface area (Å²) < 4.78 is 16.8. The second-order valence-electron chi connectivity index (χ2n) is 31.5. The number of nitrogens with zero attached hydrogens (tertiary/aromatic N) is 9. The van der Waals surface area contributed by atoms with Crippen molar-refractivity contribution in [2.45, 2.75) is 146 Å². The number of imidazole rings is 2. The van der Waals surface area contributed by atoms with Crippen LogP contribution in [0.2, 0.25) is 0 Å². The monoisotopic (exact) mass is 1500 g/mol. The number of rotatable bonds is 10. The lowest BCUT2D eigenvalue weighted by atomic mass is 9.87. The number of fused-ring (bicyclic) bond motifs is 18. The number of aromatic amines is 1. The number of ether oxygens (including phenoxy) is 1. The molecule has 18 aromatic rings. The maximum absolute atomic E-state index is 12.2. The van der Waals surface area contributed by atoms with E-state index in [1.165, 1.54) is 71.7 Å². The van der Waals surface area contributed by atoms with Crippen molar-refractivity contribution in [1.82, 2.24) is 47.8 Å². The molecule has 0 radical (unpaired) electrons. The summed E-state index contributed by atoms with van der Waals surface area (Å²) in [6.45, 7) is 31.4. The molecule has 0 aliphatic carbocycles. The second kappa shape index (κ2) is 29.2. The van der Waals surface area contributed by atoms with E-state index in [1.54, 1.807) is 12.1 Å². The number of nitrogens with one attached hydrogen (secondary N) is 1. The van der Waals surface area contributed by atoms with Gasteiger partial charge in [-0.1, -0.05) is 207 Å².